The van der Waals surface area contributed by atoms with Crippen LogP contribution >= 0.6 is 0 Å². The Morgan fingerprint density at radius 3 is 2.70 bits per heavy atom. The molecule has 0 aliphatic carbocycles. The van der Waals surface area contributed by atoms with Crippen molar-refractivity contribution in [1.29, 1.82) is 0 Å². The molecule has 0 bridgehead atoms. The molecule has 150 valence electrons. The molecule has 1 aliphatic heterocycles. The minimum Gasteiger partial charge on any atom is -0.356 e. The zero-order chi connectivity index (χ0) is 20.5. The predicted octanol–water partition coefficient (Wildman–Crippen LogP) is 4.25. The van der Waals surface area contributed by atoms with Crippen LogP contribution in [0, 0.1) is 6.92 Å². The molecule has 1 saturated heterocycles. The van der Waals surface area contributed by atoms with Crippen molar-refractivity contribution in [2.75, 3.05) is 23.3 Å². The molecule has 1 amide bonds. The SMILES string of the molecule is Cc1cccc(Cn2c(C(=O)Nc3ccc(N4CCC4)nc3)cc3cccnc32)c1. The summed E-state index contributed by atoms with van der Waals surface area (Å²) in [5.41, 5.74) is 4.39. The number of aromatic nitrogens is 3. The first-order chi connectivity index (χ1) is 14.7. The molecule has 3 aromatic heterocycles. The number of nitrogens with zero attached hydrogens (tertiary/aromatic N) is 4. The van der Waals surface area contributed by atoms with Gasteiger partial charge in [0.05, 0.1) is 11.9 Å². The van der Waals surface area contributed by atoms with Gasteiger partial charge in [0, 0.05) is 31.2 Å². The minimum atomic E-state index is -0.167. The molecule has 1 fully saturated rings. The van der Waals surface area contributed by atoms with E-state index in [1.807, 2.05) is 41.0 Å². The molecule has 1 N–H and O–H groups in total. The average molecular weight is 397 g/mol. The highest BCUT2D eigenvalue weighted by Gasteiger charge is 2.18. The number of anilines is 2. The maximum absolute atomic E-state index is 13.1. The van der Waals surface area contributed by atoms with Crippen LogP contribution in [0.4, 0.5) is 11.5 Å². The second kappa shape index (κ2) is 7.63. The summed E-state index contributed by atoms with van der Waals surface area (Å²) in [5, 5.41) is 3.94. The molecule has 0 radical (unpaired) electrons. The number of nitrogens with one attached hydrogen (secondary N) is 1. The molecule has 4 aromatic rings. The molecule has 4 heterocycles. The Kier molecular flexibility index (Phi) is 4.67. The van der Waals surface area contributed by atoms with Gasteiger partial charge < -0.3 is 14.8 Å². The zero-order valence-corrected chi connectivity index (χ0v) is 16.9. The Balaban J connectivity index is 1.44. The lowest BCUT2D eigenvalue weighted by atomic mass is 10.1. The highest BCUT2D eigenvalue weighted by molar-refractivity contribution is 6.06. The van der Waals surface area contributed by atoms with E-state index in [0.717, 1.165) is 35.5 Å². The lowest BCUT2D eigenvalue weighted by Gasteiger charge is -2.31. The highest BCUT2D eigenvalue weighted by atomic mass is 16.2. The van der Waals surface area contributed by atoms with Gasteiger partial charge in [0.25, 0.3) is 5.91 Å². The largest absolute Gasteiger partial charge is 0.356 e. The minimum absolute atomic E-state index is 0.167. The summed E-state index contributed by atoms with van der Waals surface area (Å²) >= 11 is 0. The Labute approximate surface area is 175 Å². The fourth-order valence-electron chi connectivity index (χ4n) is 3.82. The van der Waals surface area contributed by atoms with Crippen molar-refractivity contribution in [1.82, 2.24) is 14.5 Å². The van der Waals surface area contributed by atoms with Crippen LogP contribution < -0.4 is 10.2 Å². The second-order valence-electron chi connectivity index (χ2n) is 7.72. The quantitative estimate of drug-likeness (QED) is 0.547. The monoisotopic (exact) mass is 397 g/mol. The van der Waals surface area contributed by atoms with E-state index in [-0.39, 0.29) is 5.91 Å². The van der Waals surface area contributed by atoms with Crippen LogP contribution in [0.25, 0.3) is 11.0 Å². The first kappa shape index (κ1) is 18.4. The van der Waals surface area contributed by atoms with E-state index in [1.165, 1.54) is 12.0 Å². The van der Waals surface area contributed by atoms with Gasteiger partial charge in [-0.15, -0.1) is 0 Å². The van der Waals surface area contributed by atoms with Gasteiger partial charge in [0.2, 0.25) is 0 Å². The second-order valence-corrected chi connectivity index (χ2v) is 7.72. The summed E-state index contributed by atoms with van der Waals surface area (Å²) in [7, 11) is 0. The normalized spacial score (nSPS) is 13.3. The summed E-state index contributed by atoms with van der Waals surface area (Å²) in [6, 6.07) is 17.9. The first-order valence-electron chi connectivity index (χ1n) is 10.2. The van der Waals surface area contributed by atoms with Gasteiger partial charge in [-0.05, 0) is 49.2 Å². The third-order valence-corrected chi connectivity index (χ3v) is 5.50. The van der Waals surface area contributed by atoms with E-state index in [2.05, 4.69) is 45.3 Å². The molecule has 1 aromatic carbocycles. The average Bonchev–Trinajstić information content (AvgIpc) is 3.07. The third-order valence-electron chi connectivity index (χ3n) is 5.50. The van der Waals surface area contributed by atoms with Crippen molar-refractivity contribution in [3.8, 4) is 0 Å². The Morgan fingerprint density at radius 2 is 1.97 bits per heavy atom. The van der Waals surface area contributed by atoms with Crippen molar-refractivity contribution < 1.29 is 4.79 Å². The number of carbonyl (C=O) groups is 1. The number of benzene rings is 1. The third kappa shape index (κ3) is 3.52. The van der Waals surface area contributed by atoms with Crippen LogP contribution in [0.3, 0.4) is 0 Å². The number of amides is 1. The van der Waals surface area contributed by atoms with Crippen molar-refractivity contribution >= 4 is 28.4 Å². The molecule has 6 heteroatoms. The zero-order valence-electron chi connectivity index (χ0n) is 16.9. The highest BCUT2D eigenvalue weighted by Crippen LogP contribution is 2.22. The molecular formula is C24H23N5O. The maximum atomic E-state index is 13.1. The number of hydrogen-bond donors (Lipinski definition) is 1. The lowest BCUT2D eigenvalue weighted by molar-refractivity contribution is 0.101. The maximum Gasteiger partial charge on any atom is 0.272 e. The van der Waals surface area contributed by atoms with Crippen molar-refractivity contribution in [3.05, 3.63) is 83.8 Å². The van der Waals surface area contributed by atoms with Crippen LogP contribution in [-0.4, -0.2) is 33.5 Å². The molecule has 0 saturated carbocycles. The number of hydrogen-bond acceptors (Lipinski definition) is 4. The fourth-order valence-corrected chi connectivity index (χ4v) is 3.82. The number of pyridine rings is 2. The molecule has 0 atom stereocenters. The standard InChI is InChI=1S/C24H23N5O/c1-17-5-2-6-18(13-17)16-29-21(14-19-7-3-10-25-23(19)29)24(30)27-20-8-9-22(26-15-20)28-11-4-12-28/h2-3,5-10,13-15H,4,11-12,16H2,1H3,(H,27,30). The van der Waals surface area contributed by atoms with Gasteiger partial charge in [-0.2, -0.15) is 0 Å². The van der Waals surface area contributed by atoms with Crippen LogP contribution in [0.15, 0.2) is 67.0 Å². The summed E-state index contributed by atoms with van der Waals surface area (Å²) in [5.74, 6) is 0.788. The van der Waals surface area contributed by atoms with E-state index in [0.29, 0.717) is 17.9 Å². The van der Waals surface area contributed by atoms with Crippen molar-refractivity contribution in [2.45, 2.75) is 19.9 Å². The Morgan fingerprint density at radius 1 is 1.07 bits per heavy atom. The first-order valence-corrected chi connectivity index (χ1v) is 10.2. The van der Waals surface area contributed by atoms with E-state index < -0.39 is 0 Å². The molecule has 5 rings (SSSR count). The molecule has 1 aliphatic rings. The number of aryl methyl sites for hydroxylation is 1. The van der Waals surface area contributed by atoms with Crippen LogP contribution in [-0.2, 0) is 6.54 Å². The topological polar surface area (TPSA) is 63.1 Å². The van der Waals surface area contributed by atoms with Crippen LogP contribution in [0.2, 0.25) is 0 Å². The summed E-state index contributed by atoms with van der Waals surface area (Å²) in [6.07, 6.45) is 4.69. The molecule has 0 spiro atoms. The summed E-state index contributed by atoms with van der Waals surface area (Å²) < 4.78 is 1.97. The number of carbonyl (C=O) groups excluding carboxylic acids is 1. The summed E-state index contributed by atoms with van der Waals surface area (Å²) in [6.45, 7) is 4.74. The van der Waals surface area contributed by atoms with Gasteiger partial charge in [-0.1, -0.05) is 29.8 Å². The van der Waals surface area contributed by atoms with E-state index >= 15 is 0 Å². The van der Waals surface area contributed by atoms with Gasteiger partial charge in [0.15, 0.2) is 0 Å². The van der Waals surface area contributed by atoms with Crippen LogP contribution in [0.5, 0.6) is 0 Å². The number of rotatable bonds is 5. The van der Waals surface area contributed by atoms with Crippen LogP contribution in [0.1, 0.15) is 28.0 Å². The van der Waals surface area contributed by atoms with E-state index in [4.69, 9.17) is 0 Å². The lowest BCUT2D eigenvalue weighted by Crippen LogP contribution is -2.37. The van der Waals surface area contributed by atoms with Crippen molar-refractivity contribution in [2.24, 2.45) is 0 Å². The van der Waals surface area contributed by atoms with Crippen molar-refractivity contribution in [3.63, 3.8) is 0 Å². The van der Waals surface area contributed by atoms with Gasteiger partial charge >= 0.3 is 0 Å². The fraction of sp³-hybridized carbons (Fsp3) is 0.208. The van der Waals surface area contributed by atoms with Gasteiger partial charge in [-0.3, -0.25) is 4.79 Å². The Hall–Kier alpha value is -3.67. The predicted molar refractivity (Wildman–Crippen MR) is 119 cm³/mol. The van der Waals surface area contributed by atoms with E-state index in [1.54, 1.807) is 12.4 Å². The van der Waals surface area contributed by atoms with E-state index in [9.17, 15) is 4.79 Å². The Bertz CT molecular complexity index is 1210. The molecule has 6 nitrogen and oxygen atoms in total. The van der Waals surface area contributed by atoms with Gasteiger partial charge in [0.1, 0.15) is 17.2 Å². The van der Waals surface area contributed by atoms with Gasteiger partial charge in [-0.25, -0.2) is 9.97 Å². The summed E-state index contributed by atoms with van der Waals surface area (Å²) in [4.78, 5) is 24.4. The molecule has 0 unspecified atom stereocenters. The number of fused-ring (bicyclic) bond motifs is 1. The smallest absolute Gasteiger partial charge is 0.272 e. The molecular weight excluding hydrogens is 374 g/mol. The molecule has 30 heavy (non-hydrogen) atoms.